The molecule has 34 heavy (non-hydrogen) atoms. The van der Waals surface area contributed by atoms with Crippen molar-refractivity contribution >= 4 is 11.6 Å². The van der Waals surface area contributed by atoms with Crippen LogP contribution in [0.3, 0.4) is 0 Å². The molecule has 2 aromatic carbocycles. The van der Waals surface area contributed by atoms with E-state index >= 15 is 0 Å². The van der Waals surface area contributed by atoms with Crippen molar-refractivity contribution in [2.75, 3.05) is 31.1 Å². The van der Waals surface area contributed by atoms with E-state index in [0.717, 1.165) is 55.7 Å². The zero-order valence-corrected chi connectivity index (χ0v) is 20.1. The number of aromatic nitrogens is 1. The van der Waals surface area contributed by atoms with Crippen molar-refractivity contribution in [3.8, 4) is 16.9 Å². The smallest absolute Gasteiger partial charge is 0.251 e. The molecule has 0 aliphatic carbocycles. The van der Waals surface area contributed by atoms with Crippen molar-refractivity contribution in [2.24, 2.45) is 0 Å². The number of carbonyl (C=O) groups excluding carboxylic acids is 1. The summed E-state index contributed by atoms with van der Waals surface area (Å²) in [5.74, 6) is 0.164. The lowest BCUT2D eigenvalue weighted by atomic mass is 9.93. The van der Waals surface area contributed by atoms with E-state index in [1.807, 2.05) is 12.1 Å². The zero-order chi connectivity index (χ0) is 23.9. The van der Waals surface area contributed by atoms with Crippen LogP contribution in [0, 0.1) is 0 Å². The fourth-order valence-electron chi connectivity index (χ4n) is 4.60. The summed E-state index contributed by atoms with van der Waals surface area (Å²) in [6, 6.07) is 16.6. The SMILES string of the molecule is CCCNC(=O)c1ccc(N2CCNCC2Cc2ccc(-c3cncc(O)c3)cc2CC)cc1. The fourth-order valence-corrected chi connectivity index (χ4v) is 4.60. The van der Waals surface area contributed by atoms with Crippen LogP contribution in [-0.4, -0.2) is 48.2 Å². The molecule has 1 aromatic heterocycles. The summed E-state index contributed by atoms with van der Waals surface area (Å²) in [4.78, 5) is 18.8. The number of carbonyl (C=O) groups is 1. The standard InChI is InChI=1S/C28H34N4O2/c1-3-11-31-28(34)21-7-9-25(10-8-21)32-13-12-29-18-26(32)15-23-6-5-22(14-20(23)4-2)24-16-27(33)19-30-17-24/h5-10,14,16-17,19,26,29,33H,3-4,11-13,15,18H2,1-2H3,(H,31,34). The first kappa shape index (κ1) is 23.8. The van der Waals surface area contributed by atoms with Crippen LogP contribution >= 0.6 is 0 Å². The number of hydrogen-bond acceptors (Lipinski definition) is 5. The third-order valence-electron chi connectivity index (χ3n) is 6.45. The molecule has 1 aliphatic heterocycles. The van der Waals surface area contributed by atoms with Gasteiger partial charge in [-0.05, 0) is 66.3 Å². The number of rotatable bonds is 8. The van der Waals surface area contributed by atoms with Gasteiger partial charge in [0.2, 0.25) is 0 Å². The molecule has 3 N–H and O–H groups in total. The molecule has 6 nitrogen and oxygen atoms in total. The molecule has 0 spiro atoms. The predicted octanol–water partition coefficient (Wildman–Crippen LogP) is 4.18. The minimum absolute atomic E-state index is 0.0140. The maximum atomic E-state index is 12.3. The highest BCUT2D eigenvalue weighted by Crippen LogP contribution is 2.27. The molecule has 1 unspecified atom stereocenters. The lowest BCUT2D eigenvalue weighted by Crippen LogP contribution is -2.52. The number of amides is 1. The summed E-state index contributed by atoms with van der Waals surface area (Å²) in [5, 5.41) is 16.3. The second-order valence-electron chi connectivity index (χ2n) is 8.83. The Bertz CT molecular complexity index is 1110. The van der Waals surface area contributed by atoms with Gasteiger partial charge in [0.1, 0.15) is 5.75 Å². The zero-order valence-electron chi connectivity index (χ0n) is 20.1. The average Bonchev–Trinajstić information content (AvgIpc) is 2.88. The summed E-state index contributed by atoms with van der Waals surface area (Å²) in [6.45, 7) is 7.72. The number of aromatic hydroxyl groups is 1. The molecular formula is C28H34N4O2. The molecule has 0 bridgehead atoms. The highest BCUT2D eigenvalue weighted by Gasteiger charge is 2.24. The predicted molar refractivity (Wildman–Crippen MR) is 137 cm³/mol. The first-order valence-corrected chi connectivity index (χ1v) is 12.2. The number of benzene rings is 2. The van der Waals surface area contributed by atoms with Crippen LogP contribution in [0.25, 0.3) is 11.1 Å². The van der Waals surface area contributed by atoms with Crippen molar-refractivity contribution in [1.82, 2.24) is 15.6 Å². The Kier molecular flexibility index (Phi) is 7.80. The maximum absolute atomic E-state index is 12.3. The molecule has 4 rings (SSSR count). The highest BCUT2D eigenvalue weighted by molar-refractivity contribution is 5.94. The number of hydrogen-bond donors (Lipinski definition) is 3. The highest BCUT2D eigenvalue weighted by atomic mass is 16.3. The Labute approximate surface area is 202 Å². The lowest BCUT2D eigenvalue weighted by molar-refractivity contribution is 0.0953. The van der Waals surface area contributed by atoms with Crippen molar-refractivity contribution in [1.29, 1.82) is 0 Å². The normalized spacial score (nSPS) is 15.8. The topological polar surface area (TPSA) is 77.5 Å². The van der Waals surface area contributed by atoms with Crippen molar-refractivity contribution in [2.45, 2.75) is 39.2 Å². The van der Waals surface area contributed by atoms with E-state index in [-0.39, 0.29) is 11.7 Å². The summed E-state index contributed by atoms with van der Waals surface area (Å²) >= 11 is 0. The molecule has 178 valence electrons. The van der Waals surface area contributed by atoms with Gasteiger partial charge in [-0.2, -0.15) is 0 Å². The van der Waals surface area contributed by atoms with Crippen molar-refractivity contribution in [3.05, 3.63) is 77.6 Å². The summed E-state index contributed by atoms with van der Waals surface area (Å²) < 4.78 is 0. The third-order valence-corrected chi connectivity index (χ3v) is 6.45. The summed E-state index contributed by atoms with van der Waals surface area (Å²) in [6.07, 6.45) is 6.04. The third kappa shape index (κ3) is 5.57. The Morgan fingerprint density at radius 1 is 1.09 bits per heavy atom. The minimum Gasteiger partial charge on any atom is -0.506 e. The number of anilines is 1. The number of nitrogens with one attached hydrogen (secondary N) is 2. The van der Waals surface area contributed by atoms with Crippen LogP contribution in [0.15, 0.2) is 60.9 Å². The van der Waals surface area contributed by atoms with Crippen molar-refractivity contribution < 1.29 is 9.90 Å². The maximum Gasteiger partial charge on any atom is 0.251 e. The van der Waals surface area contributed by atoms with Gasteiger partial charge in [0.05, 0.1) is 6.20 Å². The fraction of sp³-hybridized carbons (Fsp3) is 0.357. The van der Waals surface area contributed by atoms with E-state index in [4.69, 9.17) is 0 Å². The molecule has 6 heteroatoms. The van der Waals surface area contributed by atoms with E-state index < -0.39 is 0 Å². The van der Waals surface area contributed by atoms with Crippen molar-refractivity contribution in [3.63, 3.8) is 0 Å². The van der Waals surface area contributed by atoms with E-state index in [2.05, 4.69) is 64.7 Å². The van der Waals surface area contributed by atoms with E-state index in [9.17, 15) is 9.90 Å². The van der Waals surface area contributed by atoms with Gasteiger partial charge in [0.15, 0.2) is 0 Å². The van der Waals surface area contributed by atoms with Crippen LogP contribution in [-0.2, 0) is 12.8 Å². The minimum atomic E-state index is -0.0140. The Morgan fingerprint density at radius 2 is 1.91 bits per heavy atom. The molecule has 0 radical (unpaired) electrons. The van der Waals surface area contributed by atoms with Crippen LogP contribution in [0.4, 0.5) is 5.69 Å². The quantitative estimate of drug-likeness (QED) is 0.472. The summed E-state index contributed by atoms with van der Waals surface area (Å²) in [5.41, 5.74) is 6.50. The van der Waals surface area contributed by atoms with Gasteiger partial charge in [-0.25, -0.2) is 0 Å². The van der Waals surface area contributed by atoms with Crippen LogP contribution < -0.4 is 15.5 Å². The van der Waals surface area contributed by atoms with Crippen LogP contribution in [0.1, 0.15) is 41.8 Å². The monoisotopic (exact) mass is 458 g/mol. The first-order valence-electron chi connectivity index (χ1n) is 12.2. The first-order chi connectivity index (χ1) is 16.6. The van der Waals surface area contributed by atoms with E-state index in [0.29, 0.717) is 18.2 Å². The van der Waals surface area contributed by atoms with Crippen LogP contribution in [0.5, 0.6) is 5.75 Å². The van der Waals surface area contributed by atoms with Gasteiger partial charge in [0.25, 0.3) is 5.91 Å². The molecule has 3 aromatic rings. The number of nitrogens with zero attached hydrogens (tertiary/aromatic N) is 2. The van der Waals surface area contributed by atoms with E-state index in [1.165, 1.54) is 17.3 Å². The average molecular weight is 459 g/mol. The van der Waals surface area contributed by atoms with Gasteiger partial charge in [-0.15, -0.1) is 0 Å². The van der Waals surface area contributed by atoms with E-state index in [1.54, 1.807) is 12.3 Å². The van der Waals surface area contributed by atoms with Gasteiger partial charge in [-0.1, -0.05) is 32.0 Å². The van der Waals surface area contributed by atoms with Gasteiger partial charge >= 0.3 is 0 Å². The Balaban J connectivity index is 1.52. The molecule has 1 amide bonds. The number of pyridine rings is 1. The Morgan fingerprint density at radius 3 is 2.65 bits per heavy atom. The molecule has 1 aliphatic rings. The molecule has 2 heterocycles. The molecule has 1 atom stereocenters. The molecule has 1 saturated heterocycles. The molecular weight excluding hydrogens is 424 g/mol. The van der Waals surface area contributed by atoms with Gasteiger partial charge in [0, 0.05) is 55.2 Å². The van der Waals surface area contributed by atoms with Crippen LogP contribution in [0.2, 0.25) is 0 Å². The number of aryl methyl sites for hydroxylation is 1. The van der Waals surface area contributed by atoms with Gasteiger partial charge in [-0.3, -0.25) is 9.78 Å². The largest absolute Gasteiger partial charge is 0.506 e. The lowest BCUT2D eigenvalue weighted by Gasteiger charge is -2.38. The summed E-state index contributed by atoms with van der Waals surface area (Å²) in [7, 11) is 0. The molecule has 0 saturated carbocycles. The van der Waals surface area contributed by atoms with Gasteiger partial charge < -0.3 is 20.6 Å². The Hall–Kier alpha value is -3.38. The second kappa shape index (κ2) is 11.2. The molecule has 1 fully saturated rings. The number of piperazine rings is 1. The second-order valence-corrected chi connectivity index (χ2v) is 8.83.